The first-order valence-electron chi connectivity index (χ1n) is 11.3. The topological polar surface area (TPSA) is 77.1 Å². The number of amides is 2. The fourth-order valence-corrected chi connectivity index (χ4v) is 4.62. The lowest BCUT2D eigenvalue weighted by atomic mass is 10.2. The van der Waals surface area contributed by atoms with E-state index in [2.05, 4.69) is 39.2 Å². The molecule has 1 aromatic rings. The van der Waals surface area contributed by atoms with Crippen LogP contribution < -0.4 is 5.32 Å². The summed E-state index contributed by atoms with van der Waals surface area (Å²) in [5.74, 6) is 0. The average Bonchev–Trinajstić information content (AvgIpc) is 3.05. The predicted molar refractivity (Wildman–Crippen MR) is 128 cm³/mol. The first-order valence-corrected chi connectivity index (χ1v) is 14.2. The van der Waals surface area contributed by atoms with Crippen molar-refractivity contribution in [1.82, 2.24) is 10.2 Å². The number of benzene rings is 1. The standard InChI is InChI=1S/C24H40N2O5Si/c1-23(2,3)30-22(28)26-16-20(31-32(7,8)24(4,5)6)14-19(26)15-25-21(27)29-17-18-12-10-9-11-13-18/h9-13,19-20H,14-17H2,1-8H3,(H,25,27)/t19-,20-/m0/s1. The van der Waals surface area contributed by atoms with Crippen molar-refractivity contribution in [2.45, 2.75) is 90.4 Å². The van der Waals surface area contributed by atoms with Gasteiger partial charge in [-0.25, -0.2) is 9.59 Å². The molecule has 2 rings (SSSR count). The summed E-state index contributed by atoms with van der Waals surface area (Å²) in [5.41, 5.74) is 0.323. The Labute approximate surface area is 193 Å². The Bertz CT molecular complexity index is 771. The molecule has 0 bridgehead atoms. The smallest absolute Gasteiger partial charge is 0.410 e. The lowest BCUT2D eigenvalue weighted by Crippen LogP contribution is -2.46. The molecular weight excluding hydrogens is 424 g/mol. The number of alkyl carbamates (subject to hydrolysis) is 1. The SMILES string of the molecule is CC(C)(C)OC(=O)N1C[C@@H](O[Si](C)(C)C(C)(C)C)C[C@H]1CNC(=O)OCc1ccccc1. The van der Waals surface area contributed by atoms with Crippen LogP contribution in [0.4, 0.5) is 9.59 Å². The third-order valence-electron chi connectivity index (χ3n) is 5.97. The Hall–Kier alpha value is -2.06. The van der Waals surface area contributed by atoms with Gasteiger partial charge < -0.3 is 24.1 Å². The quantitative estimate of drug-likeness (QED) is 0.577. The Balaban J connectivity index is 2.00. The van der Waals surface area contributed by atoms with Gasteiger partial charge in [0.15, 0.2) is 8.32 Å². The second kappa shape index (κ2) is 10.3. The number of carbonyl (C=O) groups is 2. The van der Waals surface area contributed by atoms with Crippen molar-refractivity contribution in [3.05, 3.63) is 35.9 Å². The molecule has 8 heteroatoms. The first kappa shape index (κ1) is 26.2. The molecule has 7 nitrogen and oxygen atoms in total. The van der Waals surface area contributed by atoms with Crippen LogP contribution in [0.15, 0.2) is 30.3 Å². The number of rotatable bonds is 6. The van der Waals surface area contributed by atoms with E-state index >= 15 is 0 Å². The highest BCUT2D eigenvalue weighted by atomic mass is 28.4. The Morgan fingerprint density at radius 1 is 1.09 bits per heavy atom. The van der Waals surface area contributed by atoms with Gasteiger partial charge in [0.05, 0.1) is 12.1 Å². The number of carbonyl (C=O) groups excluding carboxylic acids is 2. The van der Waals surface area contributed by atoms with E-state index in [1.54, 1.807) is 4.90 Å². The highest BCUT2D eigenvalue weighted by Gasteiger charge is 2.44. The summed E-state index contributed by atoms with van der Waals surface area (Å²) in [6, 6.07) is 9.29. The van der Waals surface area contributed by atoms with Gasteiger partial charge in [-0.15, -0.1) is 0 Å². The van der Waals surface area contributed by atoms with E-state index in [1.165, 1.54) is 0 Å². The Kier molecular flexibility index (Phi) is 8.39. The van der Waals surface area contributed by atoms with Gasteiger partial charge in [-0.1, -0.05) is 51.1 Å². The molecule has 1 heterocycles. The van der Waals surface area contributed by atoms with Crippen LogP contribution in [-0.2, 0) is 20.5 Å². The maximum absolute atomic E-state index is 12.9. The number of ether oxygens (including phenoxy) is 2. The predicted octanol–water partition coefficient (Wildman–Crippen LogP) is 5.31. The maximum Gasteiger partial charge on any atom is 0.410 e. The highest BCUT2D eigenvalue weighted by molar-refractivity contribution is 6.74. The fourth-order valence-electron chi connectivity index (χ4n) is 3.27. The molecule has 32 heavy (non-hydrogen) atoms. The summed E-state index contributed by atoms with van der Waals surface area (Å²) in [6.07, 6.45) is -0.337. The van der Waals surface area contributed by atoms with Gasteiger partial charge in [-0.3, -0.25) is 0 Å². The summed E-state index contributed by atoms with van der Waals surface area (Å²) in [4.78, 5) is 26.8. The monoisotopic (exact) mass is 464 g/mol. The Morgan fingerprint density at radius 3 is 2.28 bits per heavy atom. The summed E-state index contributed by atoms with van der Waals surface area (Å²) in [6.45, 7) is 17.5. The van der Waals surface area contributed by atoms with Crippen LogP contribution in [0.5, 0.6) is 0 Å². The summed E-state index contributed by atoms with van der Waals surface area (Å²) < 4.78 is 17.5. The molecule has 1 aromatic carbocycles. The third kappa shape index (κ3) is 7.81. The van der Waals surface area contributed by atoms with Crippen LogP contribution in [-0.4, -0.2) is 56.2 Å². The lowest BCUT2D eigenvalue weighted by Gasteiger charge is -2.38. The van der Waals surface area contributed by atoms with E-state index in [0.717, 1.165) is 5.56 Å². The van der Waals surface area contributed by atoms with Gasteiger partial charge in [0.25, 0.3) is 0 Å². The van der Waals surface area contributed by atoms with Crippen molar-refractivity contribution in [3.63, 3.8) is 0 Å². The van der Waals surface area contributed by atoms with Crippen LogP contribution in [0.3, 0.4) is 0 Å². The van der Waals surface area contributed by atoms with Gasteiger partial charge in [-0.2, -0.15) is 0 Å². The minimum atomic E-state index is -2.00. The van der Waals surface area contributed by atoms with E-state index in [4.69, 9.17) is 13.9 Å². The zero-order chi connectivity index (χ0) is 24.2. The van der Waals surface area contributed by atoms with Crippen molar-refractivity contribution < 1.29 is 23.5 Å². The van der Waals surface area contributed by atoms with Gasteiger partial charge in [0, 0.05) is 13.1 Å². The summed E-state index contributed by atoms with van der Waals surface area (Å²) in [7, 11) is -2.00. The second-order valence-electron chi connectivity index (χ2n) is 11.0. The van der Waals surface area contributed by atoms with Crippen molar-refractivity contribution in [1.29, 1.82) is 0 Å². The molecule has 1 aliphatic rings. The molecule has 0 radical (unpaired) electrons. The van der Waals surface area contributed by atoms with Crippen molar-refractivity contribution in [3.8, 4) is 0 Å². The van der Waals surface area contributed by atoms with E-state index < -0.39 is 20.0 Å². The average molecular weight is 465 g/mol. The lowest BCUT2D eigenvalue weighted by molar-refractivity contribution is 0.0209. The summed E-state index contributed by atoms with van der Waals surface area (Å²) >= 11 is 0. The minimum Gasteiger partial charge on any atom is -0.445 e. The number of hydrogen-bond donors (Lipinski definition) is 1. The van der Waals surface area contributed by atoms with Gasteiger partial charge in [0.2, 0.25) is 0 Å². The Morgan fingerprint density at radius 2 is 1.72 bits per heavy atom. The van der Waals surface area contributed by atoms with Gasteiger partial charge in [-0.05, 0) is 50.9 Å². The van der Waals surface area contributed by atoms with Crippen molar-refractivity contribution >= 4 is 20.5 Å². The molecular formula is C24H40N2O5Si. The minimum absolute atomic E-state index is 0.0708. The second-order valence-corrected chi connectivity index (χ2v) is 15.7. The molecule has 180 valence electrons. The molecule has 0 spiro atoms. The first-order chi connectivity index (χ1) is 14.7. The van der Waals surface area contributed by atoms with Crippen LogP contribution in [0.1, 0.15) is 53.5 Å². The van der Waals surface area contributed by atoms with Crippen molar-refractivity contribution in [2.24, 2.45) is 0 Å². The normalized spacial score (nSPS) is 19.6. The van der Waals surface area contributed by atoms with Crippen molar-refractivity contribution in [2.75, 3.05) is 13.1 Å². The molecule has 0 aromatic heterocycles. The number of likely N-dealkylation sites (tertiary alicyclic amines) is 1. The zero-order valence-corrected chi connectivity index (χ0v) is 21.9. The molecule has 0 saturated carbocycles. The molecule has 1 aliphatic heterocycles. The van der Waals surface area contributed by atoms with Crippen LogP contribution in [0.25, 0.3) is 0 Å². The molecule has 1 fully saturated rings. The molecule has 1 N–H and O–H groups in total. The maximum atomic E-state index is 12.9. The van der Waals surface area contributed by atoms with Crippen LogP contribution in [0.2, 0.25) is 18.1 Å². The third-order valence-corrected chi connectivity index (χ3v) is 10.5. The molecule has 0 aliphatic carbocycles. The van der Waals surface area contributed by atoms with Gasteiger partial charge >= 0.3 is 12.2 Å². The number of hydrogen-bond acceptors (Lipinski definition) is 5. The fraction of sp³-hybridized carbons (Fsp3) is 0.667. The van der Waals surface area contributed by atoms with Crippen LogP contribution in [0, 0.1) is 0 Å². The van der Waals surface area contributed by atoms with Gasteiger partial charge in [0.1, 0.15) is 12.2 Å². The molecule has 2 atom stereocenters. The molecule has 0 unspecified atom stereocenters. The van der Waals surface area contributed by atoms with Crippen LogP contribution >= 0.6 is 0 Å². The molecule has 2 amide bonds. The van der Waals surface area contributed by atoms with E-state index in [1.807, 2.05) is 51.1 Å². The highest BCUT2D eigenvalue weighted by Crippen LogP contribution is 2.39. The zero-order valence-electron chi connectivity index (χ0n) is 20.9. The number of nitrogens with one attached hydrogen (secondary N) is 1. The van der Waals surface area contributed by atoms with E-state index in [-0.39, 0.29) is 36.4 Å². The largest absolute Gasteiger partial charge is 0.445 e. The van der Waals surface area contributed by atoms with E-state index in [9.17, 15) is 9.59 Å². The van der Waals surface area contributed by atoms with E-state index in [0.29, 0.717) is 13.0 Å². The summed E-state index contributed by atoms with van der Waals surface area (Å²) in [5, 5.41) is 2.87. The molecule has 1 saturated heterocycles. The number of nitrogens with zero attached hydrogens (tertiary/aromatic N) is 1.